The number of aliphatic hydroxyl groups is 1. The minimum atomic E-state index is -0.674. The van der Waals surface area contributed by atoms with Crippen molar-refractivity contribution in [2.75, 3.05) is 6.54 Å². The first kappa shape index (κ1) is 20.8. The molecule has 1 aromatic carbocycles. The third-order valence-electron chi connectivity index (χ3n) is 4.31. The normalized spacial score (nSPS) is 12.0. The predicted octanol–water partition coefficient (Wildman–Crippen LogP) is 2.89. The Balaban J connectivity index is 2.15. The number of hydrogen-bond acceptors (Lipinski definition) is 4. The third-order valence-corrected chi connectivity index (χ3v) is 4.55. The molecule has 29 heavy (non-hydrogen) atoms. The van der Waals surface area contributed by atoms with Crippen LogP contribution in [0.15, 0.2) is 53.1 Å². The largest absolute Gasteiger partial charge is 0.392 e. The van der Waals surface area contributed by atoms with Crippen LogP contribution in [0.25, 0.3) is 16.9 Å². The zero-order chi connectivity index (χ0) is 21.1. The number of halogens is 1. The summed E-state index contributed by atoms with van der Waals surface area (Å²) in [5.74, 6) is -0.450. The highest BCUT2D eigenvalue weighted by atomic mass is 35.5. The molecule has 1 amide bonds. The number of hydrogen-bond donors (Lipinski definition) is 2. The molecule has 0 aliphatic carbocycles. The number of aliphatic hydroxyl groups excluding tert-OH is 1. The molecule has 2 aromatic heterocycles. The van der Waals surface area contributed by atoms with Gasteiger partial charge in [-0.1, -0.05) is 35.4 Å². The van der Waals surface area contributed by atoms with Gasteiger partial charge in [0.25, 0.3) is 11.5 Å². The van der Waals surface area contributed by atoms with Crippen molar-refractivity contribution in [3.63, 3.8) is 0 Å². The number of carbonyl (C=O) groups excluding carboxylic acids is 1. The van der Waals surface area contributed by atoms with E-state index < -0.39 is 12.0 Å². The Labute approximate surface area is 173 Å². The SMILES string of the molecule is CC(C)=CCn1c(-c2cccc(Cl)c2)cn2cc(C(=O)NC[C@@H](C)O)nc2c1=O. The lowest BCUT2D eigenvalue weighted by Gasteiger charge is -2.12. The van der Waals surface area contributed by atoms with E-state index in [2.05, 4.69) is 10.3 Å². The lowest BCUT2D eigenvalue weighted by molar-refractivity contribution is 0.0919. The van der Waals surface area contributed by atoms with E-state index in [4.69, 9.17) is 11.6 Å². The van der Waals surface area contributed by atoms with Crippen molar-refractivity contribution in [3.05, 3.63) is 69.4 Å². The summed E-state index contributed by atoms with van der Waals surface area (Å²) in [7, 11) is 0. The van der Waals surface area contributed by atoms with Crippen LogP contribution in [0.2, 0.25) is 5.02 Å². The number of rotatable bonds is 6. The Hall–Kier alpha value is -2.90. The van der Waals surface area contributed by atoms with E-state index in [1.165, 1.54) is 6.20 Å². The number of amides is 1. The minimum absolute atomic E-state index is 0.102. The summed E-state index contributed by atoms with van der Waals surface area (Å²) in [6.07, 6.45) is 4.55. The van der Waals surface area contributed by atoms with E-state index in [0.717, 1.165) is 11.1 Å². The van der Waals surface area contributed by atoms with Gasteiger partial charge in [0, 0.05) is 36.1 Å². The number of aromatic nitrogens is 3. The highest BCUT2D eigenvalue weighted by molar-refractivity contribution is 6.30. The van der Waals surface area contributed by atoms with Crippen molar-refractivity contribution in [1.82, 2.24) is 19.3 Å². The van der Waals surface area contributed by atoms with Gasteiger partial charge in [0.05, 0.1) is 11.8 Å². The van der Waals surface area contributed by atoms with Gasteiger partial charge in [0.15, 0.2) is 0 Å². The molecule has 152 valence electrons. The quantitative estimate of drug-likeness (QED) is 0.607. The fourth-order valence-corrected chi connectivity index (χ4v) is 3.05. The Kier molecular flexibility index (Phi) is 6.20. The van der Waals surface area contributed by atoms with Crippen molar-refractivity contribution in [3.8, 4) is 11.3 Å². The van der Waals surface area contributed by atoms with Crippen LogP contribution in [-0.2, 0) is 6.54 Å². The Morgan fingerprint density at radius 3 is 2.76 bits per heavy atom. The average molecular weight is 415 g/mol. The molecule has 1 atom stereocenters. The highest BCUT2D eigenvalue weighted by Gasteiger charge is 2.17. The molecule has 2 heterocycles. The van der Waals surface area contributed by atoms with Gasteiger partial charge in [-0.3, -0.25) is 18.6 Å². The Bertz CT molecular complexity index is 1140. The number of allylic oxidation sites excluding steroid dienone is 2. The molecule has 0 fully saturated rings. The number of carbonyl (C=O) groups is 1. The summed E-state index contributed by atoms with van der Waals surface area (Å²) in [4.78, 5) is 29.7. The van der Waals surface area contributed by atoms with E-state index in [-0.39, 0.29) is 23.4 Å². The van der Waals surface area contributed by atoms with Crippen molar-refractivity contribution >= 4 is 23.2 Å². The van der Waals surface area contributed by atoms with Gasteiger partial charge >= 0.3 is 0 Å². The van der Waals surface area contributed by atoms with Crippen LogP contribution >= 0.6 is 11.6 Å². The van der Waals surface area contributed by atoms with Crippen molar-refractivity contribution in [2.24, 2.45) is 0 Å². The number of benzene rings is 1. The van der Waals surface area contributed by atoms with Crippen LogP contribution < -0.4 is 10.9 Å². The second-order valence-corrected chi connectivity index (χ2v) is 7.57. The van der Waals surface area contributed by atoms with Crippen molar-refractivity contribution < 1.29 is 9.90 Å². The molecule has 0 bridgehead atoms. The Morgan fingerprint density at radius 2 is 2.10 bits per heavy atom. The van der Waals surface area contributed by atoms with Gasteiger partial charge < -0.3 is 10.4 Å². The van der Waals surface area contributed by atoms with E-state index in [0.29, 0.717) is 17.3 Å². The fraction of sp³-hybridized carbons (Fsp3) is 0.286. The predicted molar refractivity (Wildman–Crippen MR) is 113 cm³/mol. The zero-order valence-electron chi connectivity index (χ0n) is 16.5. The van der Waals surface area contributed by atoms with Crippen molar-refractivity contribution in [1.29, 1.82) is 0 Å². The lowest BCUT2D eigenvalue weighted by atomic mass is 10.1. The number of nitrogens with one attached hydrogen (secondary N) is 1. The van der Waals surface area contributed by atoms with E-state index >= 15 is 0 Å². The first-order valence-corrected chi connectivity index (χ1v) is 9.62. The molecule has 0 saturated carbocycles. The molecule has 3 aromatic rings. The van der Waals surface area contributed by atoms with Crippen LogP contribution in [-0.4, -0.2) is 37.6 Å². The third kappa shape index (κ3) is 4.75. The molecule has 2 N–H and O–H groups in total. The molecule has 8 heteroatoms. The van der Waals surface area contributed by atoms with Gasteiger partial charge in [-0.05, 0) is 32.9 Å². The van der Waals surface area contributed by atoms with Crippen LogP contribution in [0.4, 0.5) is 0 Å². The van der Waals surface area contributed by atoms with Crippen molar-refractivity contribution in [2.45, 2.75) is 33.4 Å². The molecule has 7 nitrogen and oxygen atoms in total. The molecule has 0 radical (unpaired) electrons. The van der Waals surface area contributed by atoms with Gasteiger partial charge in [0.1, 0.15) is 5.69 Å². The Morgan fingerprint density at radius 1 is 1.34 bits per heavy atom. The number of nitrogens with zero attached hydrogens (tertiary/aromatic N) is 3. The maximum absolute atomic E-state index is 13.2. The van der Waals surface area contributed by atoms with Crippen LogP contribution in [0.3, 0.4) is 0 Å². The lowest BCUT2D eigenvalue weighted by Crippen LogP contribution is -2.30. The number of imidazole rings is 1. The van der Waals surface area contributed by atoms with Crippen LogP contribution in [0.1, 0.15) is 31.3 Å². The maximum atomic E-state index is 13.2. The fourth-order valence-electron chi connectivity index (χ4n) is 2.86. The molecule has 3 rings (SSSR count). The summed E-state index contributed by atoms with van der Waals surface area (Å²) in [6.45, 7) is 5.97. The number of fused-ring (bicyclic) bond motifs is 1. The average Bonchev–Trinajstić information content (AvgIpc) is 3.09. The smallest absolute Gasteiger partial charge is 0.295 e. The topological polar surface area (TPSA) is 88.6 Å². The summed E-state index contributed by atoms with van der Waals surface area (Å²) < 4.78 is 3.16. The van der Waals surface area contributed by atoms with Gasteiger partial charge in [-0.15, -0.1) is 0 Å². The summed E-state index contributed by atoms with van der Waals surface area (Å²) in [5, 5.41) is 12.5. The minimum Gasteiger partial charge on any atom is -0.392 e. The van der Waals surface area contributed by atoms with Gasteiger partial charge in [-0.2, -0.15) is 0 Å². The first-order chi connectivity index (χ1) is 13.8. The van der Waals surface area contributed by atoms with Gasteiger partial charge in [0.2, 0.25) is 5.65 Å². The molecule has 0 aliphatic heterocycles. The van der Waals surface area contributed by atoms with E-state index in [9.17, 15) is 14.7 Å². The maximum Gasteiger partial charge on any atom is 0.295 e. The molecule has 0 spiro atoms. The van der Waals surface area contributed by atoms with E-state index in [1.54, 1.807) is 34.2 Å². The zero-order valence-corrected chi connectivity index (χ0v) is 17.3. The molecule has 0 unspecified atom stereocenters. The molecular weight excluding hydrogens is 392 g/mol. The van der Waals surface area contributed by atoms with Crippen LogP contribution in [0, 0.1) is 0 Å². The second kappa shape index (κ2) is 8.63. The highest BCUT2D eigenvalue weighted by Crippen LogP contribution is 2.22. The molecule has 0 saturated heterocycles. The monoisotopic (exact) mass is 414 g/mol. The molecule has 0 aliphatic rings. The van der Waals surface area contributed by atoms with Gasteiger partial charge in [-0.25, -0.2) is 4.98 Å². The summed E-state index contributed by atoms with van der Waals surface area (Å²) >= 11 is 6.15. The van der Waals surface area contributed by atoms with Crippen LogP contribution in [0.5, 0.6) is 0 Å². The summed E-state index contributed by atoms with van der Waals surface area (Å²) in [5.41, 5.74) is 2.48. The molecular formula is C21H23ClN4O3. The standard InChI is InChI=1S/C21H23ClN4O3/c1-13(2)7-8-26-18(15-5-4-6-16(22)9-15)12-25-11-17(24-19(25)21(26)29)20(28)23-10-14(3)27/h4-7,9,11-12,14,27H,8,10H2,1-3H3,(H,23,28)/t14-/m1/s1. The second-order valence-electron chi connectivity index (χ2n) is 7.14. The first-order valence-electron chi connectivity index (χ1n) is 9.24. The van der Waals surface area contributed by atoms with E-state index in [1.807, 2.05) is 32.1 Å². The summed E-state index contributed by atoms with van der Waals surface area (Å²) in [6, 6.07) is 7.25.